The molecule has 2 fully saturated rings. The van der Waals surface area contributed by atoms with E-state index >= 15 is 0 Å². The molecule has 2 aliphatic rings. The van der Waals surface area contributed by atoms with Gasteiger partial charge in [0.1, 0.15) is 0 Å². The molecule has 0 bridgehead atoms. The summed E-state index contributed by atoms with van der Waals surface area (Å²) in [7, 11) is 1.52. The summed E-state index contributed by atoms with van der Waals surface area (Å²) in [5.41, 5.74) is -1.11. The molecule has 0 unspecified atom stereocenters. The summed E-state index contributed by atoms with van der Waals surface area (Å²) in [6.07, 6.45) is 3.64. The van der Waals surface area contributed by atoms with Gasteiger partial charge in [-0.15, -0.1) is 0 Å². The Morgan fingerprint density at radius 2 is 2.38 bits per heavy atom. The van der Waals surface area contributed by atoms with Crippen LogP contribution < -0.4 is 66.5 Å². The Bertz CT molecular complexity index is 566. The Morgan fingerprint density at radius 3 is 3.00 bits per heavy atom. The summed E-state index contributed by atoms with van der Waals surface area (Å²) >= 11 is 1.19. The maximum Gasteiger partial charge on any atom is 1.00 e. The van der Waals surface area contributed by atoms with Crippen molar-refractivity contribution < 1.29 is 70.8 Å². The van der Waals surface area contributed by atoms with Crippen LogP contribution in [0.2, 0.25) is 0 Å². The van der Waals surface area contributed by atoms with Crippen molar-refractivity contribution in [2.24, 2.45) is 5.92 Å². The molecule has 2 amide bonds. The number of anilines is 1. The second kappa shape index (κ2) is 6.51. The Morgan fingerprint density at radius 1 is 1.62 bits per heavy atom. The van der Waals surface area contributed by atoms with Crippen molar-refractivity contribution in [3.8, 4) is 5.06 Å². The average Bonchev–Trinajstić information content (AvgIpc) is 3.04. The van der Waals surface area contributed by atoms with Gasteiger partial charge >= 0.3 is 57.4 Å². The van der Waals surface area contributed by atoms with E-state index in [1.165, 1.54) is 29.5 Å². The molecule has 0 spiro atoms. The van der Waals surface area contributed by atoms with Crippen LogP contribution in [0.15, 0.2) is 6.20 Å². The topological polar surface area (TPSA) is 94.6 Å². The van der Waals surface area contributed by atoms with Gasteiger partial charge in [-0.2, -0.15) is 0 Å². The van der Waals surface area contributed by atoms with Crippen molar-refractivity contribution in [1.82, 2.24) is 9.88 Å². The number of urea groups is 1. The van der Waals surface area contributed by atoms with Gasteiger partial charge in [0.25, 0.3) is 0 Å². The molecule has 1 aliphatic carbocycles. The van der Waals surface area contributed by atoms with Crippen molar-refractivity contribution >= 4 is 28.5 Å². The van der Waals surface area contributed by atoms with Gasteiger partial charge in [0.05, 0.1) is 24.8 Å². The molecular weight excluding hydrogens is 321 g/mol. The summed E-state index contributed by atoms with van der Waals surface area (Å²) in [6.45, 7) is 0.429. The second-order valence-electron chi connectivity index (χ2n) is 5.03. The number of carbonyl (C=O) groups excluding carboxylic acids is 2. The van der Waals surface area contributed by atoms with Crippen molar-refractivity contribution in [2.45, 2.75) is 24.8 Å². The minimum atomic E-state index is -1.16. The van der Waals surface area contributed by atoms with Crippen LogP contribution in [-0.2, 0) is 4.79 Å². The predicted octanol–water partition coefficient (Wildman–Crippen LogP) is -2.71. The summed E-state index contributed by atoms with van der Waals surface area (Å²) < 4.78 is 5.00. The van der Waals surface area contributed by atoms with E-state index in [1.54, 1.807) is 0 Å². The first-order valence-corrected chi connectivity index (χ1v) is 7.19. The van der Waals surface area contributed by atoms with Crippen LogP contribution in [0.1, 0.15) is 19.3 Å². The summed E-state index contributed by atoms with van der Waals surface area (Å²) in [5, 5.41) is 15.0. The van der Waals surface area contributed by atoms with E-state index in [-0.39, 0.29) is 57.3 Å². The van der Waals surface area contributed by atoms with E-state index in [2.05, 4.69) is 10.3 Å². The van der Waals surface area contributed by atoms with E-state index in [0.29, 0.717) is 23.2 Å². The molecule has 1 saturated heterocycles. The molecule has 1 N–H and O–H groups in total. The molecule has 1 aromatic rings. The minimum Gasteiger partial charge on any atom is -0.548 e. The van der Waals surface area contributed by atoms with Crippen LogP contribution in [0.3, 0.4) is 0 Å². The van der Waals surface area contributed by atoms with Crippen molar-refractivity contribution in [2.75, 3.05) is 19.0 Å². The van der Waals surface area contributed by atoms with Crippen molar-refractivity contribution in [3.63, 3.8) is 0 Å². The molecule has 1 aromatic heterocycles. The van der Waals surface area contributed by atoms with Crippen LogP contribution in [0.4, 0.5) is 9.93 Å². The number of carboxylic acids is 1. The largest absolute Gasteiger partial charge is 1.00 e. The third-order valence-electron chi connectivity index (χ3n) is 3.99. The molecular formula is C12H14KN3O4S. The molecule has 7 nitrogen and oxygen atoms in total. The fraction of sp³-hybridized carbons (Fsp3) is 0.583. The number of rotatable bonds is 3. The summed E-state index contributed by atoms with van der Waals surface area (Å²) in [6, 6.07) is -0.437. The average molecular weight is 335 g/mol. The number of carboxylic acid groups (broad SMARTS) is 1. The first kappa shape index (κ1) is 17.2. The monoisotopic (exact) mass is 335 g/mol. The van der Waals surface area contributed by atoms with E-state index in [9.17, 15) is 14.7 Å². The number of carbonyl (C=O) groups is 2. The van der Waals surface area contributed by atoms with Gasteiger partial charge in [-0.1, -0.05) is 11.3 Å². The zero-order valence-electron chi connectivity index (χ0n) is 11.9. The first-order valence-electron chi connectivity index (χ1n) is 6.38. The molecule has 2 atom stereocenters. The quantitative estimate of drug-likeness (QED) is 0.606. The van der Waals surface area contributed by atoms with E-state index < -0.39 is 17.5 Å². The Labute approximate surface area is 168 Å². The molecule has 0 aromatic carbocycles. The Kier molecular flexibility index (Phi) is 5.32. The summed E-state index contributed by atoms with van der Waals surface area (Å²) in [5.74, 6) is -1.13. The third kappa shape index (κ3) is 2.99. The molecule has 2 heterocycles. The SMILES string of the molecule is COc1cnc(NC(=O)N2CCC[C@@H]3C[C@@]32C(=O)[O-])s1.[K+]. The smallest absolute Gasteiger partial charge is 0.548 e. The predicted molar refractivity (Wildman–Crippen MR) is 69.5 cm³/mol. The van der Waals surface area contributed by atoms with Gasteiger partial charge in [-0.25, -0.2) is 9.78 Å². The maximum absolute atomic E-state index is 12.3. The molecule has 9 heteroatoms. The summed E-state index contributed by atoms with van der Waals surface area (Å²) in [4.78, 5) is 29.0. The molecule has 1 saturated carbocycles. The molecule has 21 heavy (non-hydrogen) atoms. The van der Waals surface area contributed by atoms with Crippen LogP contribution >= 0.6 is 11.3 Å². The van der Waals surface area contributed by atoms with Crippen molar-refractivity contribution in [3.05, 3.63) is 6.20 Å². The minimum absolute atomic E-state index is 0. The molecule has 1 aliphatic heterocycles. The molecule has 0 radical (unpaired) electrons. The van der Waals surface area contributed by atoms with Crippen LogP contribution in [0, 0.1) is 5.92 Å². The van der Waals surface area contributed by atoms with Crippen LogP contribution in [-0.4, -0.2) is 41.1 Å². The Balaban J connectivity index is 0.00000161. The number of amides is 2. The number of ether oxygens (including phenoxy) is 1. The van der Waals surface area contributed by atoms with Crippen LogP contribution in [0.5, 0.6) is 5.06 Å². The van der Waals surface area contributed by atoms with E-state index in [4.69, 9.17) is 4.74 Å². The third-order valence-corrected chi connectivity index (χ3v) is 4.86. The van der Waals surface area contributed by atoms with E-state index in [1.807, 2.05) is 0 Å². The zero-order valence-corrected chi connectivity index (χ0v) is 15.9. The van der Waals surface area contributed by atoms with Crippen LogP contribution in [0.25, 0.3) is 0 Å². The number of hydrogen-bond acceptors (Lipinski definition) is 6. The van der Waals surface area contributed by atoms with Gasteiger partial charge in [-0.3, -0.25) is 5.32 Å². The van der Waals surface area contributed by atoms with E-state index in [0.717, 1.165) is 12.8 Å². The normalized spacial score (nSPS) is 26.3. The number of likely N-dealkylation sites (tertiary alicyclic amines) is 1. The van der Waals surface area contributed by atoms with Gasteiger partial charge in [0.15, 0.2) is 10.2 Å². The maximum atomic E-state index is 12.3. The van der Waals surface area contributed by atoms with Gasteiger partial charge < -0.3 is 19.5 Å². The number of fused-ring (bicyclic) bond motifs is 1. The number of methoxy groups -OCH3 is 1. The van der Waals surface area contributed by atoms with Gasteiger partial charge in [0, 0.05) is 6.54 Å². The molecule has 3 rings (SSSR count). The fourth-order valence-electron chi connectivity index (χ4n) is 2.90. The standard InChI is InChI=1S/C12H15N3O4S.K/c1-19-8-6-13-10(20-8)14-11(18)15-4-2-3-7-5-12(7,15)9(16)17;/h6-7H,2-5H2,1H3,(H,16,17)(H,13,14,18);/q;+1/p-1/t7-,12+;/m1./s1. The van der Waals surface area contributed by atoms with Gasteiger partial charge in [-0.05, 0) is 25.2 Å². The second-order valence-corrected chi connectivity index (χ2v) is 6.02. The Hall–Kier alpha value is -0.194. The number of nitrogens with zero attached hydrogens (tertiary/aromatic N) is 2. The van der Waals surface area contributed by atoms with Gasteiger partial charge in [0.2, 0.25) is 0 Å². The number of aromatic nitrogens is 1. The van der Waals surface area contributed by atoms with Crippen molar-refractivity contribution in [1.29, 1.82) is 0 Å². The number of piperidine rings is 1. The number of hydrogen-bond donors (Lipinski definition) is 1. The molecule has 108 valence electrons. The first-order chi connectivity index (χ1) is 9.57. The number of thiazole rings is 1. The zero-order chi connectivity index (χ0) is 14.3. The number of aliphatic carboxylic acids is 1. The number of nitrogens with one attached hydrogen (secondary N) is 1. The fourth-order valence-corrected chi connectivity index (χ4v) is 3.52.